The van der Waals surface area contributed by atoms with E-state index in [1.54, 1.807) is 36.4 Å². The van der Waals surface area contributed by atoms with Crippen molar-refractivity contribution in [2.24, 2.45) is 0 Å². The van der Waals surface area contributed by atoms with E-state index < -0.39 is 12.1 Å². The largest absolute Gasteiger partial charge is 0.352 e. The molecule has 0 heterocycles. The Morgan fingerprint density at radius 3 is 2.12 bits per heavy atom. The topological polar surface area (TPSA) is 70.2 Å². The second-order valence-corrected chi connectivity index (χ2v) is 6.05. The first kappa shape index (κ1) is 17.8. The number of carbonyl (C=O) groups excluding carboxylic acids is 2. The highest BCUT2D eigenvalue weighted by atomic mass is 35.5. The molecule has 0 aliphatic rings. The molecule has 5 nitrogen and oxygen atoms in total. The summed E-state index contributed by atoms with van der Waals surface area (Å²) in [6, 6.07) is 14.6. The third kappa shape index (κ3) is 5.28. The standard InChI is InChI=1S/C18H20ClN3O2/c1-12(2)20-17(23)16(13-6-4-3-5-7-13)22-18(24)21-15-10-8-14(19)9-11-15/h3-12,16H,1-2H3,(H,20,23)(H2,21,22,24)/t16-/m0/s1. The predicted octanol–water partition coefficient (Wildman–Crippen LogP) is 3.73. The molecule has 0 aliphatic carbocycles. The minimum absolute atomic E-state index is 0.0233. The maximum absolute atomic E-state index is 12.4. The van der Waals surface area contributed by atoms with E-state index in [-0.39, 0.29) is 11.9 Å². The van der Waals surface area contributed by atoms with Crippen LogP contribution >= 0.6 is 11.6 Å². The van der Waals surface area contributed by atoms with Gasteiger partial charge in [0.2, 0.25) is 5.91 Å². The first-order valence-electron chi connectivity index (χ1n) is 7.64. The van der Waals surface area contributed by atoms with Crippen LogP contribution in [0.3, 0.4) is 0 Å². The van der Waals surface area contributed by atoms with Gasteiger partial charge in [-0.3, -0.25) is 4.79 Å². The van der Waals surface area contributed by atoms with Crippen molar-refractivity contribution in [3.63, 3.8) is 0 Å². The summed E-state index contributed by atoms with van der Waals surface area (Å²) in [6.45, 7) is 3.74. The van der Waals surface area contributed by atoms with E-state index in [1.807, 2.05) is 32.0 Å². The van der Waals surface area contributed by atoms with E-state index in [2.05, 4.69) is 16.0 Å². The van der Waals surface area contributed by atoms with Gasteiger partial charge in [-0.1, -0.05) is 41.9 Å². The minimum Gasteiger partial charge on any atom is -0.352 e. The van der Waals surface area contributed by atoms with Crippen molar-refractivity contribution in [3.05, 3.63) is 65.2 Å². The summed E-state index contributed by atoms with van der Waals surface area (Å²) in [4.78, 5) is 24.7. The van der Waals surface area contributed by atoms with Gasteiger partial charge in [0.15, 0.2) is 0 Å². The molecule has 0 unspecified atom stereocenters. The lowest BCUT2D eigenvalue weighted by Crippen LogP contribution is -2.44. The van der Waals surface area contributed by atoms with Crippen LogP contribution in [0.25, 0.3) is 0 Å². The first-order valence-corrected chi connectivity index (χ1v) is 8.02. The molecule has 2 rings (SSSR count). The molecule has 2 aromatic rings. The summed E-state index contributed by atoms with van der Waals surface area (Å²) in [5.74, 6) is -0.262. The Kier molecular flexibility index (Phi) is 6.21. The third-order valence-corrected chi connectivity index (χ3v) is 3.46. The van der Waals surface area contributed by atoms with Crippen molar-refractivity contribution >= 4 is 29.2 Å². The smallest absolute Gasteiger partial charge is 0.320 e. The SMILES string of the molecule is CC(C)NC(=O)[C@@H](NC(=O)Nc1ccc(Cl)cc1)c1ccccc1. The first-order chi connectivity index (χ1) is 11.5. The van der Waals surface area contributed by atoms with Gasteiger partial charge in [-0.15, -0.1) is 0 Å². The maximum Gasteiger partial charge on any atom is 0.320 e. The van der Waals surface area contributed by atoms with Crippen LogP contribution in [0.1, 0.15) is 25.5 Å². The highest BCUT2D eigenvalue weighted by Crippen LogP contribution is 2.15. The van der Waals surface area contributed by atoms with Crippen LogP contribution in [-0.2, 0) is 4.79 Å². The number of urea groups is 1. The molecule has 6 heteroatoms. The Labute approximate surface area is 146 Å². The van der Waals surface area contributed by atoms with E-state index in [1.165, 1.54) is 0 Å². The van der Waals surface area contributed by atoms with E-state index in [0.717, 1.165) is 0 Å². The molecule has 0 saturated carbocycles. The number of hydrogen-bond acceptors (Lipinski definition) is 2. The van der Waals surface area contributed by atoms with Gasteiger partial charge in [-0.05, 0) is 43.7 Å². The van der Waals surface area contributed by atoms with Gasteiger partial charge in [-0.2, -0.15) is 0 Å². The normalized spacial score (nSPS) is 11.7. The van der Waals surface area contributed by atoms with Crippen LogP contribution in [0.5, 0.6) is 0 Å². The lowest BCUT2D eigenvalue weighted by molar-refractivity contribution is -0.123. The third-order valence-electron chi connectivity index (χ3n) is 3.20. The molecular formula is C18H20ClN3O2. The van der Waals surface area contributed by atoms with Gasteiger partial charge < -0.3 is 16.0 Å². The van der Waals surface area contributed by atoms with Gasteiger partial charge in [-0.25, -0.2) is 4.79 Å². The summed E-state index contributed by atoms with van der Waals surface area (Å²) >= 11 is 5.82. The Morgan fingerprint density at radius 1 is 0.917 bits per heavy atom. The molecule has 0 aliphatic heterocycles. The van der Waals surface area contributed by atoms with Crippen LogP contribution < -0.4 is 16.0 Å². The monoisotopic (exact) mass is 345 g/mol. The van der Waals surface area contributed by atoms with Crippen LogP contribution in [0.2, 0.25) is 5.02 Å². The average molecular weight is 346 g/mol. The van der Waals surface area contributed by atoms with E-state index in [9.17, 15) is 9.59 Å². The lowest BCUT2D eigenvalue weighted by Gasteiger charge is -2.20. The van der Waals surface area contributed by atoms with Crippen LogP contribution in [-0.4, -0.2) is 18.0 Å². The molecule has 0 aromatic heterocycles. The Morgan fingerprint density at radius 2 is 1.54 bits per heavy atom. The molecule has 1 atom stereocenters. The van der Waals surface area contributed by atoms with Crippen molar-refractivity contribution in [2.45, 2.75) is 25.9 Å². The Hall–Kier alpha value is -2.53. The molecule has 126 valence electrons. The van der Waals surface area contributed by atoms with Gasteiger partial charge in [0.1, 0.15) is 6.04 Å². The zero-order chi connectivity index (χ0) is 17.5. The maximum atomic E-state index is 12.4. The number of rotatable bonds is 5. The fourth-order valence-corrected chi connectivity index (χ4v) is 2.27. The Balaban J connectivity index is 2.11. The molecule has 2 aromatic carbocycles. The van der Waals surface area contributed by atoms with Gasteiger partial charge in [0, 0.05) is 16.8 Å². The zero-order valence-corrected chi connectivity index (χ0v) is 14.3. The molecule has 0 radical (unpaired) electrons. The number of benzene rings is 2. The highest BCUT2D eigenvalue weighted by Gasteiger charge is 2.23. The predicted molar refractivity (Wildman–Crippen MR) is 96.1 cm³/mol. The molecule has 3 N–H and O–H groups in total. The number of hydrogen-bond donors (Lipinski definition) is 3. The molecule has 3 amide bonds. The van der Waals surface area contributed by atoms with Crippen LogP contribution in [0, 0.1) is 0 Å². The molecule has 0 saturated heterocycles. The van der Waals surface area contributed by atoms with E-state index >= 15 is 0 Å². The summed E-state index contributed by atoms with van der Waals surface area (Å²) in [7, 11) is 0. The molecule has 0 fully saturated rings. The van der Waals surface area contributed by atoms with E-state index in [0.29, 0.717) is 16.3 Å². The molecule has 0 bridgehead atoms. The average Bonchev–Trinajstić information content (AvgIpc) is 2.55. The molecular weight excluding hydrogens is 326 g/mol. The quantitative estimate of drug-likeness (QED) is 0.772. The van der Waals surface area contributed by atoms with Gasteiger partial charge >= 0.3 is 6.03 Å². The molecule has 0 spiro atoms. The zero-order valence-electron chi connectivity index (χ0n) is 13.5. The summed E-state index contributed by atoms with van der Waals surface area (Å²) < 4.78 is 0. The summed E-state index contributed by atoms with van der Waals surface area (Å²) in [5.41, 5.74) is 1.30. The van der Waals surface area contributed by atoms with Crippen molar-refractivity contribution < 1.29 is 9.59 Å². The number of amides is 3. The Bertz CT molecular complexity index is 687. The minimum atomic E-state index is -0.777. The number of anilines is 1. The number of nitrogens with one attached hydrogen (secondary N) is 3. The van der Waals surface area contributed by atoms with Crippen molar-refractivity contribution in [1.29, 1.82) is 0 Å². The van der Waals surface area contributed by atoms with Crippen molar-refractivity contribution in [3.8, 4) is 0 Å². The summed E-state index contributed by atoms with van der Waals surface area (Å²) in [5, 5.41) is 8.80. The highest BCUT2D eigenvalue weighted by molar-refractivity contribution is 6.30. The fraction of sp³-hybridized carbons (Fsp3) is 0.222. The summed E-state index contributed by atoms with van der Waals surface area (Å²) in [6.07, 6.45) is 0. The number of carbonyl (C=O) groups is 2. The van der Waals surface area contributed by atoms with E-state index in [4.69, 9.17) is 11.6 Å². The lowest BCUT2D eigenvalue weighted by atomic mass is 10.1. The fourth-order valence-electron chi connectivity index (χ4n) is 2.15. The molecule has 24 heavy (non-hydrogen) atoms. The van der Waals surface area contributed by atoms with Gasteiger partial charge in [0.25, 0.3) is 0 Å². The van der Waals surface area contributed by atoms with Crippen molar-refractivity contribution in [2.75, 3.05) is 5.32 Å². The second kappa shape index (κ2) is 8.36. The van der Waals surface area contributed by atoms with Crippen LogP contribution in [0.4, 0.5) is 10.5 Å². The second-order valence-electron chi connectivity index (χ2n) is 5.61. The van der Waals surface area contributed by atoms with Crippen LogP contribution in [0.15, 0.2) is 54.6 Å². The van der Waals surface area contributed by atoms with Crippen molar-refractivity contribution in [1.82, 2.24) is 10.6 Å². The van der Waals surface area contributed by atoms with Gasteiger partial charge in [0.05, 0.1) is 0 Å². The number of halogens is 1.